The summed E-state index contributed by atoms with van der Waals surface area (Å²) >= 11 is 7.08. The Bertz CT molecular complexity index is 1180. The number of hydrogen-bond acceptors (Lipinski definition) is 7. The second kappa shape index (κ2) is 7.53. The number of hydrogen-bond donors (Lipinski definition) is 0. The molecule has 2 aromatic carbocycles. The highest BCUT2D eigenvalue weighted by Gasteiger charge is 2.15. The lowest BCUT2D eigenvalue weighted by Crippen LogP contribution is -2.23. The van der Waals surface area contributed by atoms with Gasteiger partial charge in [-0.15, -0.1) is 0 Å². The maximum atomic E-state index is 12.2. The smallest absolute Gasteiger partial charge is 0.368 e. The number of aryl methyl sites for hydroxylation is 2. The van der Waals surface area contributed by atoms with Crippen LogP contribution in [0.25, 0.3) is 17.1 Å². The molecule has 0 saturated heterocycles. The Morgan fingerprint density at radius 3 is 2.64 bits per heavy atom. The van der Waals surface area contributed by atoms with Crippen molar-refractivity contribution in [3.63, 3.8) is 0 Å². The first kappa shape index (κ1) is 18.3. The van der Waals surface area contributed by atoms with Gasteiger partial charge < -0.3 is 4.74 Å². The Morgan fingerprint density at radius 1 is 1.14 bits per heavy atom. The molecule has 0 aliphatic rings. The van der Waals surface area contributed by atoms with E-state index in [-0.39, 0.29) is 12.3 Å². The first-order valence-electron chi connectivity index (χ1n) is 8.33. The fourth-order valence-corrected chi connectivity index (χ4v) is 3.33. The zero-order valence-electron chi connectivity index (χ0n) is 15.0. The summed E-state index contributed by atoms with van der Waals surface area (Å²) in [5.41, 5.74) is 2.96. The maximum Gasteiger partial charge on any atom is 0.368 e. The largest absolute Gasteiger partial charge is 0.464 e. The van der Waals surface area contributed by atoms with Crippen molar-refractivity contribution >= 4 is 23.1 Å². The predicted octanol–water partition coefficient (Wildman–Crippen LogP) is 3.03. The van der Waals surface area contributed by atoms with Gasteiger partial charge in [0.1, 0.15) is 6.61 Å². The van der Waals surface area contributed by atoms with Gasteiger partial charge in [-0.05, 0) is 53.2 Å². The maximum absolute atomic E-state index is 12.2. The minimum Gasteiger partial charge on any atom is -0.464 e. The van der Waals surface area contributed by atoms with Crippen LogP contribution in [0.4, 0.5) is 0 Å². The summed E-state index contributed by atoms with van der Waals surface area (Å²) in [6, 6.07) is 12.9. The second-order valence-electron chi connectivity index (χ2n) is 6.05. The van der Waals surface area contributed by atoms with E-state index in [4.69, 9.17) is 16.3 Å². The van der Waals surface area contributed by atoms with E-state index < -0.39 is 0 Å². The lowest BCUT2D eigenvalue weighted by molar-refractivity contribution is 0.303. The van der Waals surface area contributed by atoms with Crippen molar-refractivity contribution < 1.29 is 4.74 Å². The van der Waals surface area contributed by atoms with E-state index in [1.54, 1.807) is 25.2 Å². The van der Waals surface area contributed by atoms with Crippen LogP contribution in [0.3, 0.4) is 0 Å². The van der Waals surface area contributed by atoms with Gasteiger partial charge in [0.15, 0.2) is 5.82 Å². The van der Waals surface area contributed by atoms with E-state index in [9.17, 15) is 4.79 Å². The van der Waals surface area contributed by atoms with Gasteiger partial charge in [-0.3, -0.25) is 0 Å². The molecule has 0 atom stereocenters. The first-order valence-corrected chi connectivity index (χ1v) is 9.48. The van der Waals surface area contributed by atoms with Gasteiger partial charge in [0.25, 0.3) is 5.19 Å². The minimum atomic E-state index is -0.326. The summed E-state index contributed by atoms with van der Waals surface area (Å²) in [5, 5.41) is 8.78. The molecule has 0 saturated carbocycles. The lowest BCUT2D eigenvalue weighted by Gasteiger charge is -2.11. The molecule has 0 amide bonds. The van der Waals surface area contributed by atoms with E-state index in [2.05, 4.69) is 19.8 Å². The van der Waals surface area contributed by atoms with Gasteiger partial charge in [0, 0.05) is 34.7 Å². The number of halogens is 1. The summed E-state index contributed by atoms with van der Waals surface area (Å²) in [5.74, 6) is 0.576. The molecule has 0 bridgehead atoms. The third kappa shape index (κ3) is 3.54. The SMILES string of the molecule is Cc1cccc(-n2nnn(C)c2=O)c1COc1nc(-c2ccc(Cl)cc2)ns1. The molecule has 0 aliphatic carbocycles. The van der Waals surface area contributed by atoms with E-state index in [0.29, 0.717) is 21.7 Å². The van der Waals surface area contributed by atoms with E-state index >= 15 is 0 Å². The van der Waals surface area contributed by atoms with Crippen LogP contribution in [0, 0.1) is 6.92 Å². The lowest BCUT2D eigenvalue weighted by atomic mass is 10.1. The fraction of sp³-hybridized carbons (Fsp3) is 0.167. The Kier molecular flexibility index (Phi) is 4.93. The number of tetrazole rings is 1. The zero-order valence-corrected chi connectivity index (χ0v) is 16.6. The molecule has 10 heteroatoms. The van der Waals surface area contributed by atoms with E-state index in [1.165, 1.54) is 20.9 Å². The fourth-order valence-electron chi connectivity index (χ4n) is 2.66. The normalized spacial score (nSPS) is 11.0. The average molecular weight is 415 g/mol. The zero-order chi connectivity index (χ0) is 19.7. The van der Waals surface area contributed by atoms with Crippen molar-refractivity contribution in [3.8, 4) is 22.3 Å². The molecule has 2 heterocycles. The van der Waals surface area contributed by atoms with Gasteiger partial charge in [-0.25, -0.2) is 4.79 Å². The molecule has 4 aromatic rings. The number of aromatic nitrogens is 6. The van der Waals surface area contributed by atoms with Crippen LogP contribution >= 0.6 is 23.1 Å². The molecule has 0 fully saturated rings. The van der Waals surface area contributed by atoms with E-state index in [0.717, 1.165) is 16.7 Å². The number of ether oxygens (including phenoxy) is 1. The topological polar surface area (TPSA) is 87.7 Å². The van der Waals surface area contributed by atoms with Crippen LogP contribution in [-0.4, -0.2) is 29.1 Å². The summed E-state index contributed by atoms with van der Waals surface area (Å²) in [4.78, 5) is 16.6. The highest BCUT2D eigenvalue weighted by Crippen LogP contribution is 2.26. The van der Waals surface area contributed by atoms with Crippen LogP contribution in [0.15, 0.2) is 47.3 Å². The Labute approximate surface area is 169 Å². The molecule has 28 heavy (non-hydrogen) atoms. The van der Waals surface area contributed by atoms with E-state index in [1.807, 2.05) is 31.2 Å². The average Bonchev–Trinajstić information content (AvgIpc) is 3.29. The van der Waals surface area contributed by atoms with Crippen LogP contribution < -0.4 is 10.4 Å². The van der Waals surface area contributed by atoms with Gasteiger partial charge in [-0.1, -0.05) is 23.7 Å². The Balaban J connectivity index is 1.58. The number of benzene rings is 2. The van der Waals surface area contributed by atoms with Gasteiger partial charge in [0.05, 0.1) is 5.69 Å². The third-order valence-electron chi connectivity index (χ3n) is 4.19. The quantitative estimate of drug-likeness (QED) is 0.498. The third-order valence-corrected chi connectivity index (χ3v) is 5.07. The monoisotopic (exact) mass is 414 g/mol. The number of nitrogens with zero attached hydrogens (tertiary/aromatic N) is 6. The van der Waals surface area contributed by atoms with Gasteiger partial charge in [0.2, 0.25) is 0 Å². The molecule has 8 nitrogen and oxygen atoms in total. The standard InChI is InChI=1S/C18H15ClN6O2S/c1-11-4-3-5-15(25-18(26)24(2)22-23-25)14(11)10-27-17-20-16(21-28-17)12-6-8-13(19)9-7-12/h3-9H,10H2,1-2H3. The van der Waals surface area contributed by atoms with Crippen molar-refractivity contribution in [2.24, 2.45) is 7.05 Å². The van der Waals surface area contributed by atoms with Crippen molar-refractivity contribution in [2.45, 2.75) is 13.5 Å². The molecule has 0 radical (unpaired) electrons. The van der Waals surface area contributed by atoms with Crippen LogP contribution in [0.5, 0.6) is 5.19 Å². The van der Waals surface area contributed by atoms with Crippen LogP contribution in [0.2, 0.25) is 5.02 Å². The first-order chi connectivity index (χ1) is 13.5. The molecular formula is C18H15ClN6O2S. The highest BCUT2D eigenvalue weighted by molar-refractivity contribution is 7.07. The van der Waals surface area contributed by atoms with Crippen molar-refractivity contribution in [2.75, 3.05) is 0 Å². The Morgan fingerprint density at radius 2 is 1.93 bits per heavy atom. The molecule has 0 unspecified atom stereocenters. The number of rotatable bonds is 5. The predicted molar refractivity (Wildman–Crippen MR) is 106 cm³/mol. The summed E-state index contributed by atoms with van der Waals surface area (Å²) < 4.78 is 12.6. The Hall–Kier alpha value is -3.04. The highest BCUT2D eigenvalue weighted by atomic mass is 35.5. The summed E-state index contributed by atoms with van der Waals surface area (Å²) in [6.07, 6.45) is 0. The second-order valence-corrected chi connectivity index (χ2v) is 7.20. The molecular weight excluding hydrogens is 400 g/mol. The van der Waals surface area contributed by atoms with Crippen molar-refractivity contribution in [1.82, 2.24) is 29.1 Å². The van der Waals surface area contributed by atoms with Gasteiger partial charge in [-0.2, -0.15) is 18.7 Å². The van der Waals surface area contributed by atoms with Crippen molar-refractivity contribution in [1.29, 1.82) is 0 Å². The van der Waals surface area contributed by atoms with Crippen LogP contribution in [0.1, 0.15) is 11.1 Å². The molecule has 0 spiro atoms. The molecule has 2 aromatic heterocycles. The van der Waals surface area contributed by atoms with Crippen molar-refractivity contribution in [3.05, 3.63) is 69.1 Å². The molecule has 4 rings (SSSR count). The summed E-state index contributed by atoms with van der Waals surface area (Å²) in [7, 11) is 1.55. The van der Waals surface area contributed by atoms with Crippen LogP contribution in [-0.2, 0) is 13.7 Å². The molecule has 0 aliphatic heterocycles. The minimum absolute atomic E-state index is 0.222. The molecule has 0 N–H and O–H groups in total. The molecule has 142 valence electrons. The van der Waals surface area contributed by atoms with Gasteiger partial charge >= 0.3 is 5.69 Å². The summed E-state index contributed by atoms with van der Waals surface area (Å²) in [6.45, 7) is 2.17.